The lowest BCUT2D eigenvalue weighted by Gasteiger charge is -2.32. The van der Waals surface area contributed by atoms with E-state index in [1.54, 1.807) is 12.1 Å². The highest BCUT2D eigenvalue weighted by Gasteiger charge is 2.24. The van der Waals surface area contributed by atoms with Gasteiger partial charge in [-0.1, -0.05) is 11.6 Å². The molecule has 5 nitrogen and oxygen atoms in total. The molecule has 0 atom stereocenters. The Morgan fingerprint density at radius 1 is 1.25 bits per heavy atom. The highest BCUT2D eigenvalue weighted by molar-refractivity contribution is 7.13. The summed E-state index contributed by atoms with van der Waals surface area (Å²) in [5.41, 5.74) is 0.777. The van der Waals surface area contributed by atoms with Crippen molar-refractivity contribution in [3.05, 3.63) is 44.9 Å². The van der Waals surface area contributed by atoms with E-state index in [0.29, 0.717) is 16.5 Å². The smallest absolute Gasteiger partial charge is 0.265 e. The minimum absolute atomic E-state index is 0.0795. The molecule has 1 fully saturated rings. The molecule has 128 valence electrons. The van der Waals surface area contributed by atoms with Crippen LogP contribution in [0.2, 0.25) is 5.02 Å². The number of aromatic nitrogens is 1. The van der Waals surface area contributed by atoms with Crippen LogP contribution < -0.4 is 4.74 Å². The Labute approximate surface area is 150 Å². The van der Waals surface area contributed by atoms with Crippen LogP contribution in [-0.2, 0) is 6.61 Å². The molecule has 1 amide bonds. The number of halogens is 1. The summed E-state index contributed by atoms with van der Waals surface area (Å²) in [6.45, 7) is 5.59. The molecule has 0 saturated carbocycles. The number of aryl methyl sites for hydroxylation is 1. The molecule has 2 aromatic rings. The number of amides is 1. The number of likely N-dealkylation sites (N-methyl/N-ethyl adjacent to an activating group) is 1. The van der Waals surface area contributed by atoms with Crippen LogP contribution in [0.25, 0.3) is 0 Å². The molecule has 2 heterocycles. The largest absolute Gasteiger partial charge is 0.486 e. The van der Waals surface area contributed by atoms with Gasteiger partial charge in [-0.15, -0.1) is 11.3 Å². The predicted octanol–water partition coefficient (Wildman–Crippen LogP) is 3.07. The number of carbonyl (C=O) groups excluding carboxylic acids is 1. The van der Waals surface area contributed by atoms with E-state index in [0.717, 1.165) is 42.6 Å². The van der Waals surface area contributed by atoms with Crippen molar-refractivity contribution in [1.82, 2.24) is 14.8 Å². The lowest BCUT2D eigenvalue weighted by Crippen LogP contribution is -2.47. The molecule has 0 bridgehead atoms. The summed E-state index contributed by atoms with van der Waals surface area (Å²) in [6, 6.07) is 7.21. The molecule has 0 aliphatic carbocycles. The molecule has 1 aromatic heterocycles. The van der Waals surface area contributed by atoms with Gasteiger partial charge in [0, 0.05) is 31.2 Å². The van der Waals surface area contributed by atoms with Crippen LogP contribution >= 0.6 is 22.9 Å². The van der Waals surface area contributed by atoms with Crippen LogP contribution in [0.4, 0.5) is 0 Å². The number of nitrogens with zero attached hydrogens (tertiary/aromatic N) is 3. The maximum absolute atomic E-state index is 12.7. The third-order valence-electron chi connectivity index (χ3n) is 4.00. The van der Waals surface area contributed by atoms with Crippen LogP contribution in [0.1, 0.15) is 20.4 Å². The molecule has 0 radical (unpaired) electrons. The third kappa shape index (κ3) is 4.06. The van der Waals surface area contributed by atoms with Gasteiger partial charge < -0.3 is 14.5 Å². The van der Waals surface area contributed by atoms with Gasteiger partial charge in [0.25, 0.3) is 5.91 Å². The Kier molecular flexibility index (Phi) is 5.38. The van der Waals surface area contributed by atoms with E-state index < -0.39 is 0 Å². The van der Waals surface area contributed by atoms with Gasteiger partial charge in [0.1, 0.15) is 22.2 Å². The summed E-state index contributed by atoms with van der Waals surface area (Å²) in [4.78, 5) is 22.0. The van der Waals surface area contributed by atoms with Crippen LogP contribution in [0, 0.1) is 6.92 Å². The van der Waals surface area contributed by atoms with E-state index in [4.69, 9.17) is 16.3 Å². The van der Waals surface area contributed by atoms with Crippen LogP contribution in [0.15, 0.2) is 24.3 Å². The van der Waals surface area contributed by atoms with E-state index >= 15 is 0 Å². The number of hydrogen-bond acceptors (Lipinski definition) is 5. The Balaban J connectivity index is 1.64. The predicted molar refractivity (Wildman–Crippen MR) is 96.0 cm³/mol. The molecule has 1 saturated heterocycles. The fourth-order valence-electron chi connectivity index (χ4n) is 2.54. The first-order chi connectivity index (χ1) is 11.5. The molecule has 1 aliphatic rings. The topological polar surface area (TPSA) is 45.7 Å². The van der Waals surface area contributed by atoms with Crippen LogP contribution in [0.5, 0.6) is 5.75 Å². The lowest BCUT2D eigenvalue weighted by molar-refractivity contribution is 0.0668. The third-order valence-corrected chi connectivity index (χ3v) is 5.37. The minimum atomic E-state index is 0.0795. The maximum atomic E-state index is 12.7. The highest BCUT2D eigenvalue weighted by atomic mass is 35.5. The number of hydrogen-bond donors (Lipinski definition) is 0. The van der Waals surface area contributed by atoms with Gasteiger partial charge in [-0.3, -0.25) is 4.79 Å². The standard InChI is InChI=1S/C17H20ClN3O2S/c1-12-16(17(22)21-9-7-20(2)8-10-21)24-15(19-12)11-23-14-5-3-13(18)4-6-14/h3-6H,7-11H2,1-2H3. The fourth-order valence-corrected chi connectivity index (χ4v) is 3.61. The van der Waals surface area contributed by atoms with E-state index in [2.05, 4.69) is 16.9 Å². The van der Waals surface area contributed by atoms with E-state index in [-0.39, 0.29) is 5.91 Å². The molecule has 1 aliphatic heterocycles. The lowest BCUT2D eigenvalue weighted by atomic mass is 10.3. The van der Waals surface area contributed by atoms with Crippen LogP contribution in [0.3, 0.4) is 0 Å². The molecular formula is C17H20ClN3O2S. The van der Waals surface area contributed by atoms with Gasteiger partial charge in [0.05, 0.1) is 5.69 Å². The van der Waals surface area contributed by atoms with Crippen molar-refractivity contribution in [3.8, 4) is 5.75 Å². The van der Waals surface area contributed by atoms with Gasteiger partial charge in [-0.05, 0) is 38.2 Å². The van der Waals surface area contributed by atoms with Gasteiger partial charge in [-0.25, -0.2) is 4.98 Å². The van der Waals surface area contributed by atoms with Crippen molar-refractivity contribution in [2.24, 2.45) is 0 Å². The summed E-state index contributed by atoms with van der Waals surface area (Å²) >= 11 is 7.28. The summed E-state index contributed by atoms with van der Waals surface area (Å²) in [5.74, 6) is 0.815. The first-order valence-corrected chi connectivity index (χ1v) is 9.05. The normalized spacial score (nSPS) is 15.5. The second-order valence-corrected chi connectivity index (χ2v) is 7.38. The second-order valence-electron chi connectivity index (χ2n) is 5.86. The molecule has 7 heteroatoms. The summed E-state index contributed by atoms with van der Waals surface area (Å²) in [6.07, 6.45) is 0. The van der Waals surface area contributed by atoms with Gasteiger partial charge in [-0.2, -0.15) is 0 Å². The van der Waals surface area contributed by atoms with Crippen molar-refractivity contribution in [1.29, 1.82) is 0 Å². The van der Waals surface area contributed by atoms with Gasteiger partial charge in [0.2, 0.25) is 0 Å². The van der Waals surface area contributed by atoms with Crippen molar-refractivity contribution < 1.29 is 9.53 Å². The first-order valence-electron chi connectivity index (χ1n) is 7.85. The molecule has 0 spiro atoms. The van der Waals surface area contributed by atoms with Crippen molar-refractivity contribution in [2.45, 2.75) is 13.5 Å². The summed E-state index contributed by atoms with van der Waals surface area (Å²) in [5, 5.41) is 1.48. The van der Waals surface area contributed by atoms with E-state index in [9.17, 15) is 4.79 Å². The van der Waals surface area contributed by atoms with Gasteiger partial charge >= 0.3 is 0 Å². The maximum Gasteiger partial charge on any atom is 0.265 e. The Hall–Kier alpha value is -1.63. The minimum Gasteiger partial charge on any atom is -0.486 e. The Bertz CT molecular complexity index is 709. The van der Waals surface area contributed by atoms with Crippen LogP contribution in [-0.4, -0.2) is 53.9 Å². The fraction of sp³-hybridized carbons (Fsp3) is 0.412. The van der Waals surface area contributed by atoms with Gasteiger partial charge in [0.15, 0.2) is 0 Å². The van der Waals surface area contributed by atoms with Crippen molar-refractivity contribution in [3.63, 3.8) is 0 Å². The zero-order chi connectivity index (χ0) is 17.1. The molecule has 24 heavy (non-hydrogen) atoms. The number of benzene rings is 1. The summed E-state index contributed by atoms with van der Waals surface area (Å²) < 4.78 is 5.71. The molecule has 1 aromatic carbocycles. The number of ether oxygens (including phenoxy) is 1. The molecule has 3 rings (SSSR count). The zero-order valence-electron chi connectivity index (χ0n) is 13.8. The van der Waals surface area contributed by atoms with Crippen molar-refractivity contribution in [2.75, 3.05) is 33.2 Å². The van der Waals surface area contributed by atoms with Crippen molar-refractivity contribution >= 4 is 28.8 Å². The molecule has 0 N–H and O–H groups in total. The number of carbonyl (C=O) groups is 1. The monoisotopic (exact) mass is 365 g/mol. The molecular weight excluding hydrogens is 346 g/mol. The quantitative estimate of drug-likeness (QED) is 0.835. The first kappa shape index (κ1) is 17.2. The zero-order valence-corrected chi connectivity index (χ0v) is 15.4. The molecule has 0 unspecified atom stereocenters. The Morgan fingerprint density at radius 3 is 2.58 bits per heavy atom. The van der Waals surface area contributed by atoms with E-state index in [1.165, 1.54) is 11.3 Å². The highest BCUT2D eigenvalue weighted by Crippen LogP contribution is 2.23. The number of piperazine rings is 1. The van der Waals surface area contributed by atoms with E-state index in [1.807, 2.05) is 24.0 Å². The second kappa shape index (κ2) is 7.51. The average Bonchev–Trinajstić information content (AvgIpc) is 2.95. The average molecular weight is 366 g/mol. The summed E-state index contributed by atoms with van der Waals surface area (Å²) in [7, 11) is 2.08. The number of rotatable bonds is 4. The SMILES string of the molecule is Cc1nc(COc2ccc(Cl)cc2)sc1C(=O)N1CCN(C)CC1. The number of thiazole rings is 1. The Morgan fingerprint density at radius 2 is 1.92 bits per heavy atom.